The summed E-state index contributed by atoms with van der Waals surface area (Å²) in [7, 11) is 0. The Bertz CT molecular complexity index is 485. The number of carbonyl (C=O) groups is 1. The van der Waals surface area contributed by atoms with Crippen molar-refractivity contribution in [1.82, 2.24) is 0 Å². The van der Waals surface area contributed by atoms with Gasteiger partial charge in [0.1, 0.15) is 0 Å². The van der Waals surface area contributed by atoms with Crippen LogP contribution < -0.4 is 0 Å². The lowest BCUT2D eigenvalue weighted by Crippen LogP contribution is -1.78. The molecule has 3 heteroatoms. The summed E-state index contributed by atoms with van der Waals surface area (Å²) in [6.45, 7) is 2.07. The monoisotopic (exact) mass is 222 g/mol. The van der Waals surface area contributed by atoms with Gasteiger partial charge in [0.05, 0.1) is 4.21 Å². The fourth-order valence-electron chi connectivity index (χ4n) is 1.46. The van der Waals surface area contributed by atoms with Gasteiger partial charge in [0.2, 0.25) is 0 Å². The van der Waals surface area contributed by atoms with Gasteiger partial charge in [-0.2, -0.15) is 0 Å². The Morgan fingerprint density at radius 1 is 1.43 bits per heavy atom. The molecule has 0 fully saturated rings. The third kappa shape index (κ3) is 1.47. The molecule has 0 amide bonds. The molecule has 0 saturated heterocycles. The van der Waals surface area contributed by atoms with Crippen LogP contribution in [0.4, 0.5) is 0 Å². The van der Waals surface area contributed by atoms with E-state index in [9.17, 15) is 4.79 Å². The van der Waals surface area contributed by atoms with Crippen LogP contribution in [0.25, 0.3) is 10.1 Å². The van der Waals surface area contributed by atoms with Crippen LogP contribution in [0.3, 0.4) is 0 Å². The fraction of sp³-hybridized carbons (Fsp3) is 0.182. The molecule has 0 aliphatic carbocycles. The van der Waals surface area contributed by atoms with Crippen LogP contribution in [0.2, 0.25) is 0 Å². The van der Waals surface area contributed by atoms with Gasteiger partial charge < -0.3 is 0 Å². The highest BCUT2D eigenvalue weighted by molar-refractivity contribution is 8.00. The number of carbonyl (C=O) groups excluding carboxylic acids is 1. The Morgan fingerprint density at radius 2 is 2.21 bits per heavy atom. The molecule has 1 aromatic carbocycles. The van der Waals surface area contributed by atoms with E-state index in [0.717, 1.165) is 21.4 Å². The molecule has 1 nitrogen and oxygen atoms in total. The third-order valence-electron chi connectivity index (χ3n) is 2.15. The molecule has 0 spiro atoms. The standard InChI is InChI=1S/C11H10OS2/c1-7-3-4-8-9(6-12)11(13-2)14-10(8)5-7/h3-6H,1-2H3. The maximum atomic E-state index is 10.9. The van der Waals surface area contributed by atoms with Crippen LogP contribution in [0, 0.1) is 6.92 Å². The second kappa shape index (κ2) is 3.75. The molecule has 0 bridgehead atoms. The predicted molar refractivity (Wildman–Crippen MR) is 63.7 cm³/mol. The number of thioether (sulfide) groups is 1. The lowest BCUT2D eigenvalue weighted by molar-refractivity contribution is 0.112. The number of aldehydes is 1. The molecule has 2 rings (SSSR count). The maximum Gasteiger partial charge on any atom is 0.152 e. The van der Waals surface area contributed by atoms with E-state index in [2.05, 4.69) is 13.0 Å². The van der Waals surface area contributed by atoms with Gasteiger partial charge in [0.15, 0.2) is 6.29 Å². The van der Waals surface area contributed by atoms with E-state index in [-0.39, 0.29) is 0 Å². The van der Waals surface area contributed by atoms with Gasteiger partial charge in [0.25, 0.3) is 0 Å². The summed E-state index contributed by atoms with van der Waals surface area (Å²) in [6, 6.07) is 6.21. The van der Waals surface area contributed by atoms with Gasteiger partial charge in [-0.05, 0) is 24.8 Å². The summed E-state index contributed by atoms with van der Waals surface area (Å²) >= 11 is 3.33. The van der Waals surface area contributed by atoms with E-state index in [4.69, 9.17) is 0 Å². The largest absolute Gasteiger partial charge is 0.298 e. The number of thiophene rings is 1. The molecule has 0 atom stereocenters. The van der Waals surface area contributed by atoms with Gasteiger partial charge in [-0.1, -0.05) is 12.1 Å². The van der Waals surface area contributed by atoms with Crippen molar-refractivity contribution < 1.29 is 4.79 Å². The highest BCUT2D eigenvalue weighted by Crippen LogP contribution is 2.36. The van der Waals surface area contributed by atoms with Crippen molar-refractivity contribution in [3.8, 4) is 0 Å². The van der Waals surface area contributed by atoms with Crippen LogP contribution in [0.1, 0.15) is 15.9 Å². The maximum absolute atomic E-state index is 10.9. The van der Waals surface area contributed by atoms with Crippen LogP contribution in [0.5, 0.6) is 0 Å². The van der Waals surface area contributed by atoms with Crippen LogP contribution >= 0.6 is 23.1 Å². The number of hydrogen-bond acceptors (Lipinski definition) is 3. The summed E-state index contributed by atoms with van der Waals surface area (Å²) in [5, 5.41) is 1.08. The second-order valence-electron chi connectivity index (χ2n) is 3.12. The fourth-order valence-corrected chi connectivity index (χ4v) is 3.45. The van der Waals surface area contributed by atoms with Crippen molar-refractivity contribution >= 4 is 39.5 Å². The van der Waals surface area contributed by atoms with Crippen molar-refractivity contribution in [2.24, 2.45) is 0 Å². The van der Waals surface area contributed by atoms with Gasteiger partial charge in [0, 0.05) is 15.6 Å². The van der Waals surface area contributed by atoms with Crippen molar-refractivity contribution in [2.45, 2.75) is 11.1 Å². The van der Waals surface area contributed by atoms with Gasteiger partial charge in [-0.3, -0.25) is 4.79 Å². The molecular formula is C11H10OS2. The topological polar surface area (TPSA) is 17.1 Å². The molecule has 0 saturated carbocycles. The summed E-state index contributed by atoms with van der Waals surface area (Å²) in [6.07, 6.45) is 2.96. The smallest absolute Gasteiger partial charge is 0.152 e. The lowest BCUT2D eigenvalue weighted by Gasteiger charge is -1.92. The summed E-state index contributed by atoms with van der Waals surface area (Å²) in [5.41, 5.74) is 2.08. The van der Waals surface area contributed by atoms with Crippen LogP contribution in [-0.2, 0) is 0 Å². The molecule has 0 radical (unpaired) electrons. The van der Waals surface area contributed by atoms with Crippen molar-refractivity contribution in [2.75, 3.05) is 6.26 Å². The molecule has 14 heavy (non-hydrogen) atoms. The second-order valence-corrected chi connectivity index (χ2v) is 5.25. The SMILES string of the molecule is CSc1sc2cc(C)ccc2c1C=O. The van der Waals surface area contributed by atoms with E-state index in [1.807, 2.05) is 18.4 Å². The molecule has 0 unspecified atom stereocenters. The predicted octanol–water partition coefficient (Wildman–Crippen LogP) is 3.74. The number of aryl methyl sites for hydroxylation is 1. The van der Waals surface area contributed by atoms with E-state index in [0.29, 0.717) is 0 Å². The van der Waals surface area contributed by atoms with Gasteiger partial charge in [-0.15, -0.1) is 23.1 Å². The van der Waals surface area contributed by atoms with Crippen molar-refractivity contribution in [3.63, 3.8) is 0 Å². The average molecular weight is 222 g/mol. The first-order valence-electron chi connectivity index (χ1n) is 4.28. The summed E-state index contributed by atoms with van der Waals surface area (Å²) in [4.78, 5) is 10.9. The molecule has 0 aliphatic heterocycles. The highest BCUT2D eigenvalue weighted by Gasteiger charge is 2.10. The summed E-state index contributed by atoms with van der Waals surface area (Å²) < 4.78 is 2.32. The van der Waals surface area contributed by atoms with Gasteiger partial charge in [-0.25, -0.2) is 0 Å². The molecule has 72 valence electrons. The van der Waals surface area contributed by atoms with Crippen LogP contribution in [-0.4, -0.2) is 12.5 Å². The molecular weight excluding hydrogens is 212 g/mol. The van der Waals surface area contributed by atoms with Crippen LogP contribution in [0.15, 0.2) is 22.4 Å². The third-order valence-corrected chi connectivity index (χ3v) is 4.46. The zero-order valence-corrected chi connectivity index (χ0v) is 9.67. The number of benzene rings is 1. The Hall–Kier alpha value is -0.800. The van der Waals surface area contributed by atoms with E-state index < -0.39 is 0 Å². The zero-order chi connectivity index (χ0) is 10.1. The highest BCUT2D eigenvalue weighted by atomic mass is 32.2. The Labute approximate surface area is 91.1 Å². The van der Waals surface area contributed by atoms with E-state index in [1.165, 1.54) is 10.3 Å². The molecule has 0 N–H and O–H groups in total. The Kier molecular flexibility index (Phi) is 2.61. The molecule has 1 aromatic heterocycles. The van der Waals surface area contributed by atoms with Gasteiger partial charge >= 0.3 is 0 Å². The minimum Gasteiger partial charge on any atom is -0.298 e. The normalized spacial score (nSPS) is 10.7. The minimum atomic E-state index is 0.845. The van der Waals surface area contributed by atoms with E-state index >= 15 is 0 Å². The quantitative estimate of drug-likeness (QED) is 0.568. The minimum absolute atomic E-state index is 0.845. The summed E-state index contributed by atoms with van der Waals surface area (Å²) in [5.74, 6) is 0. The van der Waals surface area contributed by atoms with Crippen molar-refractivity contribution in [1.29, 1.82) is 0 Å². The zero-order valence-electron chi connectivity index (χ0n) is 8.03. The first-order chi connectivity index (χ1) is 6.76. The number of rotatable bonds is 2. The Morgan fingerprint density at radius 3 is 2.86 bits per heavy atom. The molecule has 0 aliphatic rings. The van der Waals surface area contributed by atoms with Crippen molar-refractivity contribution in [3.05, 3.63) is 29.3 Å². The molecule has 1 heterocycles. The first-order valence-corrected chi connectivity index (χ1v) is 6.32. The average Bonchev–Trinajstić information content (AvgIpc) is 2.54. The number of hydrogen-bond donors (Lipinski definition) is 0. The number of fused-ring (bicyclic) bond motifs is 1. The molecule has 2 aromatic rings. The first kappa shape index (κ1) is 9.74. The Balaban J connectivity index is 2.79. The lowest BCUT2D eigenvalue weighted by atomic mass is 10.1. The van der Waals surface area contributed by atoms with E-state index in [1.54, 1.807) is 23.1 Å².